The lowest BCUT2D eigenvalue weighted by Gasteiger charge is -2.36. The zero-order valence-corrected chi connectivity index (χ0v) is 18.4. The van der Waals surface area contributed by atoms with Gasteiger partial charge in [-0.1, -0.05) is 0 Å². The van der Waals surface area contributed by atoms with Gasteiger partial charge in [0.25, 0.3) is 0 Å². The van der Waals surface area contributed by atoms with E-state index in [0.717, 1.165) is 22.4 Å². The van der Waals surface area contributed by atoms with Gasteiger partial charge in [-0.3, -0.25) is 4.68 Å². The van der Waals surface area contributed by atoms with Gasteiger partial charge < -0.3 is 19.1 Å². The largest absolute Gasteiger partial charge is 0.491 e. The van der Waals surface area contributed by atoms with E-state index in [-0.39, 0.29) is 12.1 Å². The number of nitrogens with zero attached hydrogens (tertiary/aromatic N) is 5. The number of hydrogen-bond acceptors (Lipinski definition) is 6. The molecule has 166 valence electrons. The highest BCUT2D eigenvalue weighted by Gasteiger charge is 2.31. The highest BCUT2D eigenvalue weighted by molar-refractivity contribution is 5.70. The topological polar surface area (TPSA) is 83.1 Å². The van der Waals surface area contributed by atoms with E-state index in [0.29, 0.717) is 32.8 Å². The lowest BCUT2D eigenvalue weighted by atomic mass is 10.1. The number of carbonyl (C=O) groups excluding carboxylic acids is 1. The molecule has 1 atom stereocenters. The SMILES string of the molecule is Cn1cc(-c2cc(OCCC3COCCN3C(=O)OC(C)(C)C)c3ccnn3c2)cn1. The number of aromatic nitrogens is 4. The molecule has 1 fully saturated rings. The molecule has 9 nitrogen and oxygen atoms in total. The molecule has 0 bridgehead atoms. The Labute approximate surface area is 181 Å². The fourth-order valence-electron chi connectivity index (χ4n) is 3.60. The fourth-order valence-corrected chi connectivity index (χ4v) is 3.60. The lowest BCUT2D eigenvalue weighted by Crippen LogP contribution is -2.50. The predicted molar refractivity (Wildman–Crippen MR) is 115 cm³/mol. The van der Waals surface area contributed by atoms with Crippen molar-refractivity contribution in [3.8, 4) is 16.9 Å². The molecule has 0 aromatic carbocycles. The van der Waals surface area contributed by atoms with Gasteiger partial charge in [-0.15, -0.1) is 0 Å². The van der Waals surface area contributed by atoms with E-state index in [1.165, 1.54) is 0 Å². The molecular formula is C22H29N5O4. The summed E-state index contributed by atoms with van der Waals surface area (Å²) in [4.78, 5) is 14.3. The molecule has 1 aliphatic rings. The van der Waals surface area contributed by atoms with Crippen LogP contribution in [0.15, 0.2) is 36.9 Å². The molecule has 0 saturated carbocycles. The van der Waals surface area contributed by atoms with Crippen LogP contribution < -0.4 is 4.74 Å². The van der Waals surface area contributed by atoms with E-state index in [1.54, 1.807) is 20.3 Å². The molecule has 0 N–H and O–H groups in total. The number of morpholine rings is 1. The first kappa shape index (κ1) is 21.2. The minimum Gasteiger partial charge on any atom is -0.491 e. The molecule has 4 rings (SSSR count). The van der Waals surface area contributed by atoms with Gasteiger partial charge in [-0.2, -0.15) is 10.2 Å². The van der Waals surface area contributed by atoms with Crippen LogP contribution in [0.2, 0.25) is 0 Å². The second-order valence-electron chi connectivity index (χ2n) is 8.70. The highest BCUT2D eigenvalue weighted by Crippen LogP contribution is 2.28. The Morgan fingerprint density at radius 3 is 2.84 bits per heavy atom. The maximum Gasteiger partial charge on any atom is 0.410 e. The van der Waals surface area contributed by atoms with Crippen LogP contribution >= 0.6 is 0 Å². The molecular weight excluding hydrogens is 398 g/mol. The third-order valence-corrected chi connectivity index (χ3v) is 5.07. The van der Waals surface area contributed by atoms with Crippen molar-refractivity contribution in [1.82, 2.24) is 24.3 Å². The van der Waals surface area contributed by atoms with Crippen LogP contribution in [0, 0.1) is 0 Å². The van der Waals surface area contributed by atoms with Crippen LogP contribution in [0.25, 0.3) is 16.6 Å². The van der Waals surface area contributed by atoms with Gasteiger partial charge in [-0.05, 0) is 32.9 Å². The van der Waals surface area contributed by atoms with Crippen molar-refractivity contribution in [3.63, 3.8) is 0 Å². The number of ether oxygens (including phenoxy) is 3. The maximum absolute atomic E-state index is 12.6. The van der Waals surface area contributed by atoms with Crippen molar-refractivity contribution in [2.75, 3.05) is 26.4 Å². The Morgan fingerprint density at radius 2 is 2.10 bits per heavy atom. The van der Waals surface area contributed by atoms with E-state index in [9.17, 15) is 4.79 Å². The van der Waals surface area contributed by atoms with Gasteiger partial charge in [0.1, 0.15) is 16.9 Å². The Hall–Kier alpha value is -3.07. The van der Waals surface area contributed by atoms with Crippen LogP contribution in [0.5, 0.6) is 5.75 Å². The molecule has 0 spiro atoms. The first-order valence-corrected chi connectivity index (χ1v) is 10.5. The van der Waals surface area contributed by atoms with Crippen molar-refractivity contribution in [2.45, 2.75) is 38.8 Å². The number of pyridine rings is 1. The van der Waals surface area contributed by atoms with Gasteiger partial charge in [-0.25, -0.2) is 9.31 Å². The number of aryl methyl sites for hydroxylation is 1. The van der Waals surface area contributed by atoms with Crippen molar-refractivity contribution < 1.29 is 19.0 Å². The summed E-state index contributed by atoms with van der Waals surface area (Å²) < 4.78 is 20.9. The molecule has 9 heteroatoms. The summed E-state index contributed by atoms with van der Waals surface area (Å²) in [6, 6.07) is 3.82. The van der Waals surface area contributed by atoms with Gasteiger partial charge >= 0.3 is 6.09 Å². The van der Waals surface area contributed by atoms with E-state index in [2.05, 4.69) is 10.2 Å². The summed E-state index contributed by atoms with van der Waals surface area (Å²) in [5, 5.41) is 8.61. The standard InChI is InChI=1S/C22H29N5O4/c1-22(2,3)31-21(28)26-8-10-29-15-18(26)6-9-30-20-11-16(17-12-24-25(4)13-17)14-27-19(20)5-7-23-27/h5,7,11-14,18H,6,8-10,15H2,1-4H3. The van der Waals surface area contributed by atoms with Crippen LogP contribution in [-0.4, -0.2) is 68.4 Å². The Kier molecular flexibility index (Phi) is 5.86. The van der Waals surface area contributed by atoms with Crippen molar-refractivity contribution in [2.24, 2.45) is 7.05 Å². The highest BCUT2D eigenvalue weighted by atomic mass is 16.6. The summed E-state index contributed by atoms with van der Waals surface area (Å²) in [7, 11) is 1.88. The van der Waals surface area contributed by atoms with Crippen LogP contribution in [0.4, 0.5) is 4.79 Å². The molecule has 4 heterocycles. The number of rotatable bonds is 5. The van der Waals surface area contributed by atoms with Gasteiger partial charge in [0.15, 0.2) is 0 Å². The number of hydrogen-bond donors (Lipinski definition) is 0. The molecule has 3 aromatic rings. The molecule has 0 radical (unpaired) electrons. The smallest absolute Gasteiger partial charge is 0.410 e. The maximum atomic E-state index is 12.6. The van der Waals surface area contributed by atoms with Gasteiger partial charge in [0.05, 0.1) is 38.3 Å². The number of amides is 1. The molecule has 1 unspecified atom stereocenters. The molecule has 3 aromatic heterocycles. The average Bonchev–Trinajstić information content (AvgIpc) is 3.35. The molecule has 31 heavy (non-hydrogen) atoms. The quantitative estimate of drug-likeness (QED) is 0.622. The molecule has 0 aliphatic carbocycles. The summed E-state index contributed by atoms with van der Waals surface area (Å²) in [5.74, 6) is 0.736. The third kappa shape index (κ3) is 4.99. The summed E-state index contributed by atoms with van der Waals surface area (Å²) in [6.45, 7) is 7.55. The monoisotopic (exact) mass is 427 g/mol. The second-order valence-corrected chi connectivity index (χ2v) is 8.70. The zero-order valence-electron chi connectivity index (χ0n) is 18.4. The Bertz CT molecular complexity index is 1050. The van der Waals surface area contributed by atoms with E-state index >= 15 is 0 Å². The third-order valence-electron chi connectivity index (χ3n) is 5.07. The van der Waals surface area contributed by atoms with E-state index < -0.39 is 5.60 Å². The summed E-state index contributed by atoms with van der Waals surface area (Å²) in [6.07, 6.45) is 7.79. The number of carbonyl (C=O) groups is 1. The van der Waals surface area contributed by atoms with Crippen LogP contribution in [0.1, 0.15) is 27.2 Å². The zero-order chi connectivity index (χ0) is 22.0. The minimum atomic E-state index is -0.531. The first-order chi connectivity index (χ1) is 14.8. The fraction of sp³-hybridized carbons (Fsp3) is 0.500. The van der Waals surface area contributed by atoms with E-state index in [4.69, 9.17) is 14.2 Å². The Morgan fingerprint density at radius 1 is 1.26 bits per heavy atom. The summed E-state index contributed by atoms with van der Waals surface area (Å²) >= 11 is 0. The molecule has 1 amide bonds. The van der Waals surface area contributed by atoms with Crippen LogP contribution in [-0.2, 0) is 16.5 Å². The lowest BCUT2D eigenvalue weighted by molar-refractivity contribution is -0.0361. The summed E-state index contributed by atoms with van der Waals surface area (Å²) in [5.41, 5.74) is 2.31. The predicted octanol–water partition coefficient (Wildman–Crippen LogP) is 3.14. The van der Waals surface area contributed by atoms with Crippen molar-refractivity contribution in [3.05, 3.63) is 36.9 Å². The van der Waals surface area contributed by atoms with Crippen molar-refractivity contribution >= 4 is 11.6 Å². The van der Waals surface area contributed by atoms with Crippen LogP contribution in [0.3, 0.4) is 0 Å². The normalized spacial score (nSPS) is 17.2. The van der Waals surface area contributed by atoms with E-state index in [1.807, 2.05) is 58.5 Å². The van der Waals surface area contributed by atoms with Gasteiger partial charge in [0.2, 0.25) is 0 Å². The average molecular weight is 428 g/mol. The van der Waals surface area contributed by atoms with Crippen molar-refractivity contribution in [1.29, 1.82) is 0 Å². The molecule has 1 saturated heterocycles. The molecule has 1 aliphatic heterocycles. The number of fused-ring (bicyclic) bond motifs is 1. The van der Waals surface area contributed by atoms with Gasteiger partial charge in [0, 0.05) is 43.5 Å². The minimum absolute atomic E-state index is 0.0916. The first-order valence-electron chi connectivity index (χ1n) is 10.5. The second kappa shape index (κ2) is 8.58. The Balaban J connectivity index is 1.46.